The summed E-state index contributed by atoms with van der Waals surface area (Å²) < 4.78 is 0. The number of carbonyl (C=O) groups excluding carboxylic acids is 1. The number of benzene rings is 1. The van der Waals surface area contributed by atoms with Crippen molar-refractivity contribution in [1.29, 1.82) is 0 Å². The number of aliphatic hydroxyl groups excluding tert-OH is 1. The Labute approximate surface area is 106 Å². The van der Waals surface area contributed by atoms with Crippen LogP contribution in [0, 0.1) is 0 Å². The molecule has 5 nitrogen and oxygen atoms in total. The summed E-state index contributed by atoms with van der Waals surface area (Å²) in [7, 11) is 0. The maximum Gasteiger partial charge on any atom is 0.253 e. The molecule has 1 aliphatic carbocycles. The molecule has 18 heavy (non-hydrogen) atoms. The Morgan fingerprint density at radius 1 is 1.50 bits per heavy atom. The molecule has 2 rings (SSSR count). The Morgan fingerprint density at radius 2 is 2.22 bits per heavy atom. The molecule has 0 aliphatic heterocycles. The minimum Gasteiger partial charge on any atom is -0.399 e. The van der Waals surface area contributed by atoms with Gasteiger partial charge in [0, 0.05) is 24.0 Å². The highest BCUT2D eigenvalue weighted by atomic mass is 16.3. The van der Waals surface area contributed by atoms with Crippen molar-refractivity contribution in [3.63, 3.8) is 0 Å². The first-order valence-electron chi connectivity index (χ1n) is 6.22. The normalized spacial score (nSPS) is 22.1. The summed E-state index contributed by atoms with van der Waals surface area (Å²) in [5.41, 5.74) is 7.68. The van der Waals surface area contributed by atoms with Gasteiger partial charge in [-0.1, -0.05) is 0 Å². The zero-order chi connectivity index (χ0) is 13.1. The summed E-state index contributed by atoms with van der Waals surface area (Å²) in [4.78, 5) is 11.9. The number of anilines is 2. The molecule has 0 atom stereocenters. The van der Waals surface area contributed by atoms with Crippen molar-refractivity contribution < 1.29 is 9.90 Å². The van der Waals surface area contributed by atoms with Gasteiger partial charge in [0.2, 0.25) is 0 Å². The highest BCUT2D eigenvalue weighted by Crippen LogP contribution is 2.27. The van der Waals surface area contributed by atoms with E-state index in [1.165, 1.54) is 0 Å². The average Bonchev–Trinajstić information content (AvgIpc) is 2.27. The lowest BCUT2D eigenvalue weighted by Gasteiger charge is -2.33. The van der Waals surface area contributed by atoms with E-state index in [1.807, 2.05) is 6.92 Å². The maximum atomic E-state index is 11.9. The number of rotatable bonds is 4. The van der Waals surface area contributed by atoms with Crippen LogP contribution in [-0.2, 0) is 0 Å². The molecule has 0 saturated heterocycles. The zero-order valence-corrected chi connectivity index (χ0v) is 10.4. The largest absolute Gasteiger partial charge is 0.399 e. The molecule has 0 bridgehead atoms. The summed E-state index contributed by atoms with van der Waals surface area (Å²) in [5, 5.41) is 15.3. The Morgan fingerprint density at radius 3 is 2.83 bits per heavy atom. The van der Waals surface area contributed by atoms with E-state index in [0.29, 0.717) is 30.6 Å². The van der Waals surface area contributed by atoms with Crippen molar-refractivity contribution in [3.05, 3.63) is 23.8 Å². The van der Waals surface area contributed by atoms with Crippen LogP contribution >= 0.6 is 0 Å². The molecular formula is C13H19N3O2. The van der Waals surface area contributed by atoms with Crippen LogP contribution in [0.2, 0.25) is 0 Å². The monoisotopic (exact) mass is 249 g/mol. The van der Waals surface area contributed by atoms with Crippen LogP contribution < -0.4 is 16.4 Å². The van der Waals surface area contributed by atoms with E-state index in [0.717, 1.165) is 5.69 Å². The van der Waals surface area contributed by atoms with Crippen molar-refractivity contribution >= 4 is 17.3 Å². The van der Waals surface area contributed by atoms with Crippen molar-refractivity contribution in [1.82, 2.24) is 5.32 Å². The van der Waals surface area contributed by atoms with Gasteiger partial charge in [0.1, 0.15) is 0 Å². The molecule has 1 aliphatic rings. The highest BCUT2D eigenvalue weighted by molar-refractivity contribution is 6.00. The Balaban J connectivity index is 2.15. The zero-order valence-electron chi connectivity index (χ0n) is 10.4. The van der Waals surface area contributed by atoms with E-state index < -0.39 is 0 Å². The van der Waals surface area contributed by atoms with Gasteiger partial charge in [0.25, 0.3) is 5.91 Å². The Kier molecular flexibility index (Phi) is 3.72. The molecule has 5 heteroatoms. The lowest BCUT2D eigenvalue weighted by molar-refractivity contribution is 0.0836. The van der Waals surface area contributed by atoms with Crippen molar-refractivity contribution in [2.45, 2.75) is 31.9 Å². The fourth-order valence-electron chi connectivity index (χ4n) is 2.06. The fourth-order valence-corrected chi connectivity index (χ4v) is 2.06. The standard InChI is InChI=1S/C13H19N3O2/c1-2-15-13(18)11-4-3-8(14)5-12(11)16-9-6-10(17)7-9/h3-5,9-10,16-17H,2,6-7,14H2,1H3,(H,15,18). The molecule has 5 N–H and O–H groups in total. The van der Waals surface area contributed by atoms with Crippen LogP contribution in [-0.4, -0.2) is 29.7 Å². The first kappa shape index (κ1) is 12.7. The van der Waals surface area contributed by atoms with Gasteiger partial charge >= 0.3 is 0 Å². The molecule has 1 aromatic carbocycles. The van der Waals surface area contributed by atoms with Crippen LogP contribution in [0.25, 0.3) is 0 Å². The Bertz CT molecular complexity index is 442. The number of hydrogen-bond acceptors (Lipinski definition) is 4. The van der Waals surface area contributed by atoms with Crippen molar-refractivity contribution in [2.24, 2.45) is 0 Å². The molecule has 1 aromatic rings. The van der Waals surface area contributed by atoms with Crippen molar-refractivity contribution in [3.8, 4) is 0 Å². The summed E-state index contributed by atoms with van der Waals surface area (Å²) in [6, 6.07) is 5.41. The lowest BCUT2D eigenvalue weighted by Crippen LogP contribution is -2.39. The Hall–Kier alpha value is -1.75. The molecular weight excluding hydrogens is 230 g/mol. The van der Waals surface area contributed by atoms with E-state index in [1.54, 1.807) is 18.2 Å². The van der Waals surface area contributed by atoms with Crippen LogP contribution in [0.3, 0.4) is 0 Å². The molecule has 0 unspecified atom stereocenters. The number of hydrogen-bond donors (Lipinski definition) is 4. The minimum absolute atomic E-state index is 0.111. The maximum absolute atomic E-state index is 11.9. The number of nitrogens with one attached hydrogen (secondary N) is 2. The van der Waals surface area contributed by atoms with Crippen molar-refractivity contribution in [2.75, 3.05) is 17.6 Å². The van der Waals surface area contributed by atoms with Gasteiger partial charge in [-0.25, -0.2) is 0 Å². The second-order valence-electron chi connectivity index (χ2n) is 4.63. The lowest BCUT2D eigenvalue weighted by atomic mass is 9.89. The first-order chi connectivity index (χ1) is 8.60. The van der Waals surface area contributed by atoms with E-state index in [9.17, 15) is 9.90 Å². The smallest absolute Gasteiger partial charge is 0.253 e. The van der Waals surface area contributed by atoms with E-state index in [2.05, 4.69) is 10.6 Å². The van der Waals surface area contributed by atoms with Gasteiger partial charge in [-0.3, -0.25) is 4.79 Å². The number of nitrogen functional groups attached to an aromatic ring is 1. The third-order valence-electron chi connectivity index (χ3n) is 3.10. The van der Waals surface area contributed by atoms with Crippen LogP contribution in [0.15, 0.2) is 18.2 Å². The second kappa shape index (κ2) is 5.27. The molecule has 1 fully saturated rings. The van der Waals surface area contributed by atoms with Gasteiger partial charge in [0.15, 0.2) is 0 Å². The van der Waals surface area contributed by atoms with Gasteiger partial charge in [0.05, 0.1) is 11.7 Å². The van der Waals surface area contributed by atoms with E-state index >= 15 is 0 Å². The topological polar surface area (TPSA) is 87.4 Å². The molecule has 0 heterocycles. The fraction of sp³-hybridized carbons (Fsp3) is 0.462. The summed E-state index contributed by atoms with van der Waals surface area (Å²) in [6.45, 7) is 2.47. The number of carbonyl (C=O) groups is 1. The quantitative estimate of drug-likeness (QED) is 0.598. The average molecular weight is 249 g/mol. The number of nitrogens with two attached hydrogens (primary N) is 1. The van der Waals surface area contributed by atoms with Gasteiger partial charge < -0.3 is 21.5 Å². The predicted molar refractivity (Wildman–Crippen MR) is 71.5 cm³/mol. The summed E-state index contributed by atoms with van der Waals surface area (Å²) in [6.07, 6.45) is 1.20. The first-order valence-corrected chi connectivity index (χ1v) is 6.22. The van der Waals surface area contributed by atoms with Crippen LogP contribution in [0.1, 0.15) is 30.1 Å². The minimum atomic E-state index is -0.225. The van der Waals surface area contributed by atoms with Gasteiger partial charge in [-0.2, -0.15) is 0 Å². The molecule has 0 aromatic heterocycles. The molecule has 1 amide bonds. The number of amides is 1. The molecule has 0 radical (unpaired) electrons. The molecule has 98 valence electrons. The van der Waals surface area contributed by atoms with Gasteiger partial charge in [-0.05, 0) is 38.0 Å². The molecule has 0 spiro atoms. The van der Waals surface area contributed by atoms with E-state index in [4.69, 9.17) is 5.73 Å². The van der Waals surface area contributed by atoms with E-state index in [-0.39, 0.29) is 18.1 Å². The third-order valence-corrected chi connectivity index (χ3v) is 3.10. The van der Waals surface area contributed by atoms with Crippen LogP contribution in [0.5, 0.6) is 0 Å². The second-order valence-corrected chi connectivity index (χ2v) is 4.63. The highest BCUT2D eigenvalue weighted by Gasteiger charge is 2.27. The third kappa shape index (κ3) is 2.73. The van der Waals surface area contributed by atoms with Gasteiger partial charge in [-0.15, -0.1) is 0 Å². The molecule has 1 saturated carbocycles. The van der Waals surface area contributed by atoms with Crippen LogP contribution in [0.4, 0.5) is 11.4 Å². The summed E-state index contributed by atoms with van der Waals surface area (Å²) in [5.74, 6) is -0.111. The predicted octanol–water partition coefficient (Wildman–Crippen LogP) is 0.954. The summed E-state index contributed by atoms with van der Waals surface area (Å²) >= 11 is 0. The SMILES string of the molecule is CCNC(=O)c1ccc(N)cc1NC1CC(O)C1. The number of aliphatic hydroxyl groups is 1.